The van der Waals surface area contributed by atoms with Crippen molar-refractivity contribution in [1.82, 2.24) is 0 Å². The average Bonchev–Trinajstić information content (AvgIpc) is 3.45. The molecule has 0 N–H and O–H groups in total. The predicted molar refractivity (Wildman–Crippen MR) is 344 cm³/mol. The molecule has 462 valence electrons. The van der Waals surface area contributed by atoms with Crippen molar-refractivity contribution in [3.05, 3.63) is 48.6 Å². The lowest BCUT2D eigenvalue weighted by Crippen LogP contribution is -2.30. The van der Waals surface area contributed by atoms with Gasteiger partial charge in [0.05, 0.1) is 0 Å². The summed E-state index contributed by atoms with van der Waals surface area (Å²) in [5.41, 5.74) is 0. The van der Waals surface area contributed by atoms with E-state index in [0.717, 1.165) is 83.5 Å². The molecular formula is C73H134O6. The second kappa shape index (κ2) is 67.9. The minimum atomic E-state index is -0.781. The number of hydrogen-bond donors (Lipinski definition) is 0. The predicted octanol–water partition coefficient (Wildman–Crippen LogP) is 24.1. The molecule has 0 rings (SSSR count). The Labute approximate surface area is 492 Å². The van der Waals surface area contributed by atoms with E-state index >= 15 is 0 Å². The Kier molecular flexibility index (Phi) is 65.6. The number of ether oxygens (including phenoxy) is 3. The molecule has 0 aromatic heterocycles. The van der Waals surface area contributed by atoms with Crippen molar-refractivity contribution in [2.24, 2.45) is 0 Å². The van der Waals surface area contributed by atoms with Gasteiger partial charge in [-0.15, -0.1) is 0 Å². The van der Waals surface area contributed by atoms with Crippen LogP contribution in [0.25, 0.3) is 0 Å². The van der Waals surface area contributed by atoms with E-state index in [-0.39, 0.29) is 31.1 Å². The highest BCUT2D eigenvalue weighted by atomic mass is 16.6. The fourth-order valence-electron chi connectivity index (χ4n) is 10.5. The third kappa shape index (κ3) is 66.1. The Morgan fingerprint density at radius 3 is 0.709 bits per heavy atom. The molecule has 0 amide bonds. The maximum Gasteiger partial charge on any atom is 0.306 e. The second-order valence-corrected chi connectivity index (χ2v) is 23.8. The zero-order valence-electron chi connectivity index (χ0n) is 53.2. The maximum absolute atomic E-state index is 12.9. The van der Waals surface area contributed by atoms with Crippen molar-refractivity contribution in [3.63, 3.8) is 0 Å². The van der Waals surface area contributed by atoms with E-state index in [0.29, 0.717) is 19.3 Å². The average molecular weight is 1110 g/mol. The summed E-state index contributed by atoms with van der Waals surface area (Å²) in [5.74, 6) is -0.865. The largest absolute Gasteiger partial charge is 0.462 e. The zero-order valence-corrected chi connectivity index (χ0v) is 53.2. The second-order valence-electron chi connectivity index (χ2n) is 23.8. The van der Waals surface area contributed by atoms with E-state index in [9.17, 15) is 14.4 Å². The lowest BCUT2D eigenvalue weighted by atomic mass is 10.0. The first-order valence-electron chi connectivity index (χ1n) is 35.1. The van der Waals surface area contributed by atoms with Gasteiger partial charge in [-0.1, -0.05) is 326 Å². The molecule has 0 aromatic rings. The van der Waals surface area contributed by atoms with Gasteiger partial charge in [-0.05, 0) is 83.5 Å². The van der Waals surface area contributed by atoms with Crippen molar-refractivity contribution in [2.75, 3.05) is 13.2 Å². The summed E-state index contributed by atoms with van der Waals surface area (Å²) >= 11 is 0. The number of carbonyl (C=O) groups is 3. The molecule has 0 aliphatic heterocycles. The van der Waals surface area contributed by atoms with Gasteiger partial charge in [0.2, 0.25) is 0 Å². The quantitative estimate of drug-likeness (QED) is 0.0261. The first-order chi connectivity index (χ1) is 39.0. The van der Waals surface area contributed by atoms with Crippen LogP contribution >= 0.6 is 0 Å². The van der Waals surface area contributed by atoms with Gasteiger partial charge in [0, 0.05) is 19.3 Å². The minimum absolute atomic E-state index is 0.0751. The van der Waals surface area contributed by atoms with Crippen molar-refractivity contribution in [3.8, 4) is 0 Å². The van der Waals surface area contributed by atoms with Crippen LogP contribution < -0.4 is 0 Å². The van der Waals surface area contributed by atoms with Gasteiger partial charge in [0.15, 0.2) is 6.10 Å². The van der Waals surface area contributed by atoms with Crippen LogP contribution in [0.15, 0.2) is 48.6 Å². The van der Waals surface area contributed by atoms with E-state index in [1.54, 1.807) is 0 Å². The van der Waals surface area contributed by atoms with Crippen molar-refractivity contribution in [2.45, 2.75) is 386 Å². The molecule has 0 saturated carbocycles. The molecule has 0 aliphatic rings. The molecule has 0 saturated heterocycles. The molecule has 0 spiro atoms. The van der Waals surface area contributed by atoms with E-state index in [4.69, 9.17) is 14.2 Å². The van der Waals surface area contributed by atoms with E-state index in [2.05, 4.69) is 69.4 Å². The van der Waals surface area contributed by atoms with Crippen molar-refractivity contribution < 1.29 is 28.6 Å². The fraction of sp³-hybridized carbons (Fsp3) is 0.849. The van der Waals surface area contributed by atoms with Crippen LogP contribution in [0.4, 0.5) is 0 Å². The van der Waals surface area contributed by atoms with Crippen LogP contribution in [0.1, 0.15) is 380 Å². The molecule has 0 fully saturated rings. The standard InChI is InChI=1S/C73H134O6/c1-4-7-10-13-16-19-22-25-28-31-34-35-36-37-38-39-40-43-45-48-51-54-57-60-63-66-72(75)78-69-70(79-73(76)67-64-61-58-55-52-49-46-42-33-30-27-24-21-18-15-12-9-6-3)68-77-71(74)65-62-59-56-53-50-47-44-41-32-29-26-23-20-17-14-11-8-5-2/h20-21,23-24,29-30,32-33,70H,4-19,22,25-28,31,34-69H2,1-3H3/b23-20-,24-21-,32-29-,33-30-. The molecule has 0 radical (unpaired) electrons. The van der Waals surface area contributed by atoms with Gasteiger partial charge in [-0.3, -0.25) is 14.4 Å². The normalized spacial score (nSPS) is 12.3. The Hall–Kier alpha value is -2.63. The van der Waals surface area contributed by atoms with Crippen LogP contribution in [-0.4, -0.2) is 37.2 Å². The molecule has 0 heterocycles. The number of esters is 3. The summed E-state index contributed by atoms with van der Waals surface area (Å²) in [7, 11) is 0. The van der Waals surface area contributed by atoms with Gasteiger partial charge in [-0.2, -0.15) is 0 Å². The summed E-state index contributed by atoms with van der Waals surface area (Å²) in [6.07, 6.45) is 85.6. The van der Waals surface area contributed by atoms with Gasteiger partial charge in [0.25, 0.3) is 0 Å². The van der Waals surface area contributed by atoms with Crippen LogP contribution in [0, 0.1) is 0 Å². The SMILES string of the molecule is CCCCCC/C=C\C/C=C\CCCCCCCCCC(=O)OCC(COC(=O)CCCCCCCCCCCCCCCCCCCCCCCCCCC)OC(=O)CCCCCCCCC/C=C\C/C=C\CCCCCC. The number of unbranched alkanes of at least 4 members (excludes halogenated alkanes) is 46. The van der Waals surface area contributed by atoms with Gasteiger partial charge < -0.3 is 14.2 Å². The first-order valence-corrected chi connectivity index (χ1v) is 35.1. The van der Waals surface area contributed by atoms with E-state index in [1.165, 1.54) is 257 Å². The number of carbonyl (C=O) groups excluding carboxylic acids is 3. The Bertz CT molecular complexity index is 1360. The highest BCUT2D eigenvalue weighted by Crippen LogP contribution is 2.18. The number of rotatable bonds is 65. The molecular weight excluding hydrogens is 973 g/mol. The summed E-state index contributed by atoms with van der Waals surface area (Å²) in [6.45, 7) is 6.66. The van der Waals surface area contributed by atoms with E-state index in [1.807, 2.05) is 0 Å². The number of hydrogen-bond acceptors (Lipinski definition) is 6. The maximum atomic E-state index is 12.9. The smallest absolute Gasteiger partial charge is 0.306 e. The van der Waals surface area contributed by atoms with Crippen LogP contribution in [-0.2, 0) is 28.6 Å². The molecule has 0 bridgehead atoms. The van der Waals surface area contributed by atoms with Gasteiger partial charge >= 0.3 is 17.9 Å². The van der Waals surface area contributed by atoms with Crippen LogP contribution in [0.3, 0.4) is 0 Å². The first kappa shape index (κ1) is 76.4. The zero-order chi connectivity index (χ0) is 57.1. The third-order valence-electron chi connectivity index (χ3n) is 15.8. The topological polar surface area (TPSA) is 78.9 Å². The summed E-state index contributed by atoms with van der Waals surface area (Å²) < 4.78 is 17.0. The highest BCUT2D eigenvalue weighted by molar-refractivity contribution is 5.71. The molecule has 1 atom stereocenters. The highest BCUT2D eigenvalue weighted by Gasteiger charge is 2.19. The van der Waals surface area contributed by atoms with Crippen molar-refractivity contribution >= 4 is 17.9 Å². The molecule has 1 unspecified atom stereocenters. The Morgan fingerprint density at radius 1 is 0.253 bits per heavy atom. The fourth-order valence-corrected chi connectivity index (χ4v) is 10.5. The molecule has 0 aliphatic carbocycles. The van der Waals surface area contributed by atoms with Gasteiger partial charge in [0.1, 0.15) is 13.2 Å². The lowest BCUT2D eigenvalue weighted by molar-refractivity contribution is -0.167. The third-order valence-corrected chi connectivity index (χ3v) is 15.8. The van der Waals surface area contributed by atoms with Crippen LogP contribution in [0.5, 0.6) is 0 Å². The summed E-state index contributed by atoms with van der Waals surface area (Å²) in [6, 6.07) is 0. The number of allylic oxidation sites excluding steroid dienone is 8. The van der Waals surface area contributed by atoms with Crippen LogP contribution in [0.2, 0.25) is 0 Å². The van der Waals surface area contributed by atoms with Crippen molar-refractivity contribution in [1.29, 1.82) is 0 Å². The van der Waals surface area contributed by atoms with Gasteiger partial charge in [-0.25, -0.2) is 0 Å². The lowest BCUT2D eigenvalue weighted by Gasteiger charge is -2.18. The molecule has 0 aromatic carbocycles. The molecule has 6 heteroatoms. The monoisotopic (exact) mass is 1110 g/mol. The summed E-state index contributed by atoms with van der Waals surface area (Å²) in [4.78, 5) is 38.4. The molecule has 6 nitrogen and oxygen atoms in total. The van der Waals surface area contributed by atoms with E-state index < -0.39 is 6.10 Å². The minimum Gasteiger partial charge on any atom is -0.462 e. The Morgan fingerprint density at radius 2 is 0.456 bits per heavy atom. The molecule has 79 heavy (non-hydrogen) atoms. The summed E-state index contributed by atoms with van der Waals surface area (Å²) in [5, 5.41) is 0. The Balaban J connectivity index is 4.30.